The Morgan fingerprint density at radius 3 is 2.38 bits per heavy atom. The van der Waals surface area contributed by atoms with Gasteiger partial charge in [-0.2, -0.15) is 0 Å². The van der Waals surface area contributed by atoms with Gasteiger partial charge in [-0.1, -0.05) is 45.7 Å². The van der Waals surface area contributed by atoms with Crippen LogP contribution in [-0.2, 0) is 20.2 Å². The lowest BCUT2D eigenvalue weighted by Gasteiger charge is -2.27. The van der Waals surface area contributed by atoms with E-state index >= 15 is 0 Å². The van der Waals surface area contributed by atoms with E-state index in [-0.39, 0.29) is 11.2 Å². The number of allylic oxidation sites excluding steroid dienone is 2. The summed E-state index contributed by atoms with van der Waals surface area (Å²) >= 11 is 6.82. The number of fused-ring (bicyclic) bond motifs is 1. The van der Waals surface area contributed by atoms with Gasteiger partial charge in [0.1, 0.15) is 5.76 Å². The zero-order chi connectivity index (χ0) is 18.9. The lowest BCUT2D eigenvalue weighted by atomic mass is 9.79. The maximum absolute atomic E-state index is 12.5. The number of aromatic nitrogens is 2. The van der Waals surface area contributed by atoms with Gasteiger partial charge in [0.15, 0.2) is 5.78 Å². The standard InChI is InChI=1S/C19H18Br2N2O3/c1-19(2)7-12(24)6-13(8-19)26-18(25)11-3-4-14-15(5-11)23-17(10-21)16(9-20)22-14/h3-6H,7-10H2,1-2H3. The van der Waals surface area contributed by atoms with Crippen molar-refractivity contribution in [3.63, 3.8) is 0 Å². The number of ketones is 1. The molecule has 0 saturated heterocycles. The minimum absolute atomic E-state index is 0.0160. The normalized spacial score (nSPS) is 16.5. The number of hydrogen-bond donors (Lipinski definition) is 0. The highest BCUT2D eigenvalue weighted by molar-refractivity contribution is 9.09. The molecule has 0 bridgehead atoms. The minimum Gasteiger partial charge on any atom is -0.427 e. The van der Waals surface area contributed by atoms with Crippen LogP contribution in [0.3, 0.4) is 0 Å². The molecular weight excluding hydrogens is 464 g/mol. The largest absolute Gasteiger partial charge is 0.427 e. The molecule has 1 aliphatic rings. The molecule has 1 aliphatic carbocycles. The summed E-state index contributed by atoms with van der Waals surface area (Å²) in [4.78, 5) is 33.5. The van der Waals surface area contributed by atoms with Gasteiger partial charge in [-0.25, -0.2) is 14.8 Å². The Morgan fingerprint density at radius 2 is 1.77 bits per heavy atom. The number of alkyl halides is 2. The van der Waals surface area contributed by atoms with Gasteiger partial charge in [0.25, 0.3) is 0 Å². The summed E-state index contributed by atoms with van der Waals surface area (Å²) in [6, 6.07) is 5.10. The Labute approximate surface area is 168 Å². The molecule has 0 aliphatic heterocycles. The van der Waals surface area contributed by atoms with Crippen LogP contribution in [0.15, 0.2) is 30.0 Å². The van der Waals surface area contributed by atoms with Crippen LogP contribution in [0.1, 0.15) is 48.4 Å². The van der Waals surface area contributed by atoms with E-state index in [9.17, 15) is 9.59 Å². The van der Waals surface area contributed by atoms with E-state index in [0.29, 0.717) is 45.9 Å². The Kier molecular flexibility index (Phi) is 5.58. The van der Waals surface area contributed by atoms with Gasteiger partial charge in [-0.15, -0.1) is 0 Å². The lowest BCUT2D eigenvalue weighted by molar-refractivity contribution is -0.117. The van der Waals surface area contributed by atoms with Crippen molar-refractivity contribution in [3.8, 4) is 0 Å². The summed E-state index contributed by atoms with van der Waals surface area (Å²) < 4.78 is 5.47. The van der Waals surface area contributed by atoms with E-state index in [1.165, 1.54) is 6.08 Å². The Balaban J connectivity index is 1.88. The maximum atomic E-state index is 12.5. The molecule has 0 atom stereocenters. The summed E-state index contributed by atoms with van der Waals surface area (Å²) in [5.41, 5.74) is 3.21. The summed E-state index contributed by atoms with van der Waals surface area (Å²) in [7, 11) is 0. The fraction of sp³-hybridized carbons (Fsp3) is 0.368. The van der Waals surface area contributed by atoms with Crippen molar-refractivity contribution in [3.05, 3.63) is 47.0 Å². The molecular formula is C19H18Br2N2O3. The molecule has 0 radical (unpaired) electrons. The number of benzene rings is 1. The van der Waals surface area contributed by atoms with Crippen molar-refractivity contribution < 1.29 is 14.3 Å². The summed E-state index contributed by atoms with van der Waals surface area (Å²) in [5.74, 6) is -0.0914. The Hall–Kier alpha value is -1.60. The van der Waals surface area contributed by atoms with Crippen LogP contribution in [0, 0.1) is 5.41 Å². The average Bonchev–Trinajstić information content (AvgIpc) is 2.58. The fourth-order valence-corrected chi connectivity index (χ4v) is 3.90. The Morgan fingerprint density at radius 1 is 1.12 bits per heavy atom. The van der Waals surface area contributed by atoms with E-state index in [0.717, 1.165) is 11.4 Å². The van der Waals surface area contributed by atoms with Gasteiger partial charge in [-0.05, 0) is 23.6 Å². The molecule has 2 aromatic rings. The molecule has 0 N–H and O–H groups in total. The third-order valence-electron chi connectivity index (χ3n) is 4.16. The second-order valence-corrected chi connectivity index (χ2v) is 8.19. The van der Waals surface area contributed by atoms with Crippen molar-refractivity contribution in [2.75, 3.05) is 0 Å². The number of nitrogens with zero attached hydrogens (tertiary/aromatic N) is 2. The van der Waals surface area contributed by atoms with Crippen molar-refractivity contribution in [1.29, 1.82) is 0 Å². The van der Waals surface area contributed by atoms with Crippen molar-refractivity contribution >= 4 is 54.6 Å². The number of carbonyl (C=O) groups is 2. The number of carbonyl (C=O) groups excluding carboxylic acids is 2. The molecule has 7 heteroatoms. The molecule has 0 fully saturated rings. The van der Waals surface area contributed by atoms with Crippen LogP contribution in [0.4, 0.5) is 0 Å². The van der Waals surface area contributed by atoms with E-state index in [4.69, 9.17) is 4.74 Å². The second kappa shape index (κ2) is 7.56. The Bertz CT molecular complexity index is 922. The van der Waals surface area contributed by atoms with Crippen molar-refractivity contribution in [1.82, 2.24) is 9.97 Å². The lowest BCUT2D eigenvalue weighted by Crippen LogP contribution is -2.23. The molecule has 0 spiro atoms. The highest BCUT2D eigenvalue weighted by Gasteiger charge is 2.29. The predicted octanol–water partition coefficient (Wildman–Crippen LogP) is 4.85. The van der Waals surface area contributed by atoms with E-state index in [1.807, 2.05) is 13.8 Å². The smallest absolute Gasteiger partial charge is 0.343 e. The van der Waals surface area contributed by atoms with Gasteiger partial charge >= 0.3 is 5.97 Å². The molecule has 26 heavy (non-hydrogen) atoms. The first kappa shape index (κ1) is 19.2. The molecule has 5 nitrogen and oxygen atoms in total. The quantitative estimate of drug-likeness (QED) is 0.461. The van der Waals surface area contributed by atoms with Crippen LogP contribution >= 0.6 is 31.9 Å². The molecule has 3 rings (SSSR count). The first-order valence-electron chi connectivity index (χ1n) is 8.18. The zero-order valence-electron chi connectivity index (χ0n) is 14.5. The fourth-order valence-electron chi connectivity index (χ4n) is 3.00. The topological polar surface area (TPSA) is 69.2 Å². The number of ether oxygens (including phenoxy) is 1. The van der Waals surface area contributed by atoms with Crippen molar-refractivity contribution in [2.45, 2.75) is 37.3 Å². The zero-order valence-corrected chi connectivity index (χ0v) is 17.7. The van der Waals surface area contributed by atoms with Gasteiger partial charge < -0.3 is 4.74 Å². The van der Waals surface area contributed by atoms with Crippen LogP contribution in [-0.4, -0.2) is 21.7 Å². The maximum Gasteiger partial charge on any atom is 0.343 e. The van der Waals surface area contributed by atoms with E-state index < -0.39 is 5.97 Å². The molecule has 136 valence electrons. The van der Waals surface area contributed by atoms with Crippen LogP contribution in [0.2, 0.25) is 0 Å². The van der Waals surface area contributed by atoms with Crippen molar-refractivity contribution in [2.24, 2.45) is 5.41 Å². The van der Waals surface area contributed by atoms with Gasteiger partial charge in [0, 0.05) is 29.6 Å². The third-order valence-corrected chi connectivity index (χ3v) is 5.22. The molecule has 0 amide bonds. The molecule has 0 unspecified atom stereocenters. The number of esters is 1. The molecule has 1 heterocycles. The van der Waals surface area contributed by atoms with E-state index in [1.54, 1.807) is 18.2 Å². The van der Waals surface area contributed by atoms with Gasteiger partial charge in [0.05, 0.1) is 28.0 Å². The first-order chi connectivity index (χ1) is 12.3. The first-order valence-corrected chi connectivity index (χ1v) is 10.4. The average molecular weight is 482 g/mol. The van der Waals surface area contributed by atoms with Gasteiger partial charge in [0.2, 0.25) is 0 Å². The third kappa shape index (κ3) is 4.20. The molecule has 0 saturated carbocycles. The highest BCUT2D eigenvalue weighted by atomic mass is 79.9. The number of halogens is 2. The SMILES string of the molecule is CC1(C)CC(=O)C=C(OC(=O)c2ccc3nc(CBr)c(CBr)nc3c2)C1. The summed E-state index contributed by atoms with van der Waals surface area (Å²) in [6.07, 6.45) is 2.44. The summed E-state index contributed by atoms with van der Waals surface area (Å²) in [6.45, 7) is 3.97. The second-order valence-electron chi connectivity index (χ2n) is 7.07. The molecule has 1 aromatic carbocycles. The monoisotopic (exact) mass is 480 g/mol. The molecule has 1 aromatic heterocycles. The van der Waals surface area contributed by atoms with Crippen LogP contribution < -0.4 is 0 Å². The van der Waals surface area contributed by atoms with Gasteiger partial charge in [-0.3, -0.25) is 4.79 Å². The minimum atomic E-state index is -0.490. The number of rotatable bonds is 4. The van der Waals surface area contributed by atoms with Crippen LogP contribution in [0.25, 0.3) is 11.0 Å². The predicted molar refractivity (Wildman–Crippen MR) is 106 cm³/mol. The van der Waals surface area contributed by atoms with E-state index in [2.05, 4.69) is 41.8 Å². The highest BCUT2D eigenvalue weighted by Crippen LogP contribution is 2.34. The number of hydrogen-bond acceptors (Lipinski definition) is 5. The van der Waals surface area contributed by atoms with Crippen LogP contribution in [0.5, 0.6) is 0 Å². The summed E-state index contributed by atoms with van der Waals surface area (Å²) in [5, 5.41) is 1.19.